The molecule has 1 aromatic carbocycles. The first kappa shape index (κ1) is 17.2. The highest BCUT2D eigenvalue weighted by Crippen LogP contribution is 2.26. The predicted octanol–water partition coefficient (Wildman–Crippen LogP) is 1.49. The van der Waals surface area contributed by atoms with Gasteiger partial charge in [0.25, 0.3) is 0 Å². The van der Waals surface area contributed by atoms with Crippen molar-refractivity contribution in [1.82, 2.24) is 4.31 Å². The summed E-state index contributed by atoms with van der Waals surface area (Å²) in [6, 6.07) is 4.46. The predicted molar refractivity (Wildman–Crippen MR) is 81.6 cm³/mol. The van der Waals surface area contributed by atoms with Crippen molar-refractivity contribution in [1.29, 1.82) is 0 Å². The second-order valence-electron chi connectivity index (χ2n) is 5.11. The number of anilines is 1. The molecule has 1 atom stereocenters. The molecule has 1 saturated heterocycles. The van der Waals surface area contributed by atoms with Crippen LogP contribution < -0.4 is 5.32 Å². The minimum Gasteiger partial charge on any atom is -0.480 e. The molecule has 126 valence electrons. The van der Waals surface area contributed by atoms with E-state index in [2.05, 4.69) is 10.1 Å². The van der Waals surface area contributed by atoms with Crippen molar-refractivity contribution in [3.8, 4) is 0 Å². The second kappa shape index (κ2) is 6.97. The Bertz CT molecular complexity index is 686. The van der Waals surface area contributed by atoms with Gasteiger partial charge in [-0.05, 0) is 43.5 Å². The lowest BCUT2D eigenvalue weighted by Gasteiger charge is -2.31. The fourth-order valence-electron chi connectivity index (χ4n) is 2.45. The Morgan fingerprint density at radius 2 is 1.91 bits per heavy atom. The molecule has 1 amide bonds. The highest BCUT2D eigenvalue weighted by molar-refractivity contribution is 7.89. The summed E-state index contributed by atoms with van der Waals surface area (Å²) in [7, 11) is -2.68. The van der Waals surface area contributed by atoms with Gasteiger partial charge < -0.3 is 9.84 Å². The number of sulfonamides is 1. The van der Waals surface area contributed by atoms with Crippen LogP contribution in [0.5, 0.6) is 0 Å². The number of hydrogen-bond acceptors (Lipinski definition) is 5. The van der Waals surface area contributed by atoms with Gasteiger partial charge in [0.05, 0.1) is 12.0 Å². The Morgan fingerprint density at radius 1 is 1.26 bits per heavy atom. The zero-order chi connectivity index (χ0) is 17.0. The van der Waals surface area contributed by atoms with E-state index in [4.69, 9.17) is 0 Å². The third-order valence-electron chi connectivity index (χ3n) is 3.63. The number of nitrogens with zero attached hydrogens (tertiary/aromatic N) is 1. The van der Waals surface area contributed by atoms with Gasteiger partial charge in [0, 0.05) is 12.2 Å². The van der Waals surface area contributed by atoms with E-state index in [1.807, 2.05) is 0 Å². The van der Waals surface area contributed by atoms with E-state index in [0.29, 0.717) is 24.9 Å². The largest absolute Gasteiger partial charge is 0.480 e. The zero-order valence-electron chi connectivity index (χ0n) is 12.6. The van der Waals surface area contributed by atoms with Crippen molar-refractivity contribution in [2.45, 2.75) is 30.2 Å². The lowest BCUT2D eigenvalue weighted by Crippen LogP contribution is -2.47. The molecule has 0 spiro atoms. The molecule has 0 unspecified atom stereocenters. The van der Waals surface area contributed by atoms with E-state index < -0.39 is 28.1 Å². The number of carboxylic acids is 1. The Kier molecular flexibility index (Phi) is 5.22. The minimum atomic E-state index is -3.90. The van der Waals surface area contributed by atoms with Gasteiger partial charge >= 0.3 is 12.1 Å². The molecule has 1 aliphatic heterocycles. The third kappa shape index (κ3) is 3.80. The summed E-state index contributed by atoms with van der Waals surface area (Å²) in [5.74, 6) is -1.14. The number of methoxy groups -OCH3 is 1. The standard InChI is InChI=1S/C14H18N2O6S/c1-22-14(19)15-10-5-7-11(8-6-10)23(20,21)16-9-3-2-4-12(16)13(17)18/h5-8,12H,2-4,9H2,1H3,(H,15,19)(H,17,18)/t12-/m1/s1. The van der Waals surface area contributed by atoms with Crippen LogP contribution in [0.3, 0.4) is 0 Å². The number of rotatable bonds is 4. The number of carbonyl (C=O) groups is 2. The molecule has 1 heterocycles. The number of hydrogen-bond donors (Lipinski definition) is 2. The SMILES string of the molecule is COC(=O)Nc1ccc(S(=O)(=O)N2CCCC[C@@H]2C(=O)O)cc1. The summed E-state index contributed by atoms with van der Waals surface area (Å²) in [6.07, 6.45) is 0.953. The van der Waals surface area contributed by atoms with Crippen molar-refractivity contribution >= 4 is 27.8 Å². The van der Waals surface area contributed by atoms with Crippen LogP contribution >= 0.6 is 0 Å². The minimum absolute atomic E-state index is 0.0129. The lowest BCUT2D eigenvalue weighted by molar-refractivity contribution is -0.142. The van der Waals surface area contributed by atoms with Crippen LogP contribution in [0.15, 0.2) is 29.2 Å². The molecule has 0 radical (unpaired) electrons. The molecule has 1 aromatic rings. The van der Waals surface area contributed by atoms with E-state index in [0.717, 1.165) is 4.31 Å². The maximum atomic E-state index is 12.6. The molecular formula is C14H18N2O6S. The molecule has 2 rings (SSSR count). The van der Waals surface area contributed by atoms with E-state index in [1.54, 1.807) is 0 Å². The summed E-state index contributed by atoms with van der Waals surface area (Å²) in [4.78, 5) is 22.4. The first-order valence-electron chi connectivity index (χ1n) is 7.06. The molecule has 23 heavy (non-hydrogen) atoms. The van der Waals surface area contributed by atoms with E-state index in [9.17, 15) is 23.1 Å². The number of nitrogens with one attached hydrogen (secondary N) is 1. The topological polar surface area (TPSA) is 113 Å². The van der Waals surface area contributed by atoms with Crippen LogP contribution in [0, 0.1) is 0 Å². The van der Waals surface area contributed by atoms with Crippen LogP contribution in [-0.4, -0.2) is 49.6 Å². The normalized spacial score (nSPS) is 19.1. The first-order chi connectivity index (χ1) is 10.9. The van der Waals surface area contributed by atoms with Crippen LogP contribution in [0.2, 0.25) is 0 Å². The maximum absolute atomic E-state index is 12.6. The van der Waals surface area contributed by atoms with Crippen molar-refractivity contribution in [3.05, 3.63) is 24.3 Å². The molecule has 0 saturated carbocycles. The number of carbonyl (C=O) groups excluding carboxylic acids is 1. The molecule has 9 heteroatoms. The van der Waals surface area contributed by atoms with Gasteiger partial charge in [-0.3, -0.25) is 10.1 Å². The fourth-order valence-corrected chi connectivity index (χ4v) is 4.10. The van der Waals surface area contributed by atoms with Crippen LogP contribution in [0.1, 0.15) is 19.3 Å². The molecular weight excluding hydrogens is 324 g/mol. The van der Waals surface area contributed by atoms with E-state index in [1.165, 1.54) is 31.4 Å². The molecule has 0 bridgehead atoms. The van der Waals surface area contributed by atoms with Crippen molar-refractivity contribution in [2.75, 3.05) is 19.0 Å². The van der Waals surface area contributed by atoms with E-state index >= 15 is 0 Å². The van der Waals surface area contributed by atoms with Gasteiger partial charge in [-0.15, -0.1) is 0 Å². The quantitative estimate of drug-likeness (QED) is 0.857. The molecule has 0 aliphatic carbocycles. The van der Waals surface area contributed by atoms with Gasteiger partial charge in [-0.25, -0.2) is 13.2 Å². The summed E-state index contributed by atoms with van der Waals surface area (Å²) in [6.45, 7) is 0.182. The first-order valence-corrected chi connectivity index (χ1v) is 8.50. The number of carboxylic acid groups (broad SMARTS) is 1. The lowest BCUT2D eigenvalue weighted by atomic mass is 10.1. The van der Waals surface area contributed by atoms with Crippen LogP contribution in [0.25, 0.3) is 0 Å². The van der Waals surface area contributed by atoms with Crippen LogP contribution in [0.4, 0.5) is 10.5 Å². The molecule has 0 aromatic heterocycles. The zero-order valence-corrected chi connectivity index (χ0v) is 13.4. The Labute approximate surface area is 134 Å². The number of ether oxygens (including phenoxy) is 1. The average Bonchev–Trinajstić information content (AvgIpc) is 2.55. The summed E-state index contributed by atoms with van der Waals surface area (Å²) in [5, 5.41) is 11.6. The second-order valence-corrected chi connectivity index (χ2v) is 7.00. The Hall–Kier alpha value is -2.13. The van der Waals surface area contributed by atoms with Crippen molar-refractivity contribution in [2.24, 2.45) is 0 Å². The number of piperidine rings is 1. The maximum Gasteiger partial charge on any atom is 0.411 e. The number of benzene rings is 1. The molecule has 1 aliphatic rings. The Balaban J connectivity index is 2.24. The highest BCUT2D eigenvalue weighted by atomic mass is 32.2. The summed E-state index contributed by atoms with van der Waals surface area (Å²) < 4.78 is 30.8. The van der Waals surface area contributed by atoms with E-state index in [-0.39, 0.29) is 11.4 Å². The van der Waals surface area contributed by atoms with Gasteiger partial charge in [-0.2, -0.15) is 4.31 Å². The molecule has 8 nitrogen and oxygen atoms in total. The molecule has 2 N–H and O–H groups in total. The Morgan fingerprint density at radius 3 is 2.48 bits per heavy atom. The van der Waals surface area contributed by atoms with Crippen molar-refractivity contribution in [3.63, 3.8) is 0 Å². The third-order valence-corrected chi connectivity index (χ3v) is 5.55. The van der Waals surface area contributed by atoms with Gasteiger partial charge in [0.2, 0.25) is 10.0 Å². The summed E-state index contributed by atoms with van der Waals surface area (Å²) >= 11 is 0. The fraction of sp³-hybridized carbons (Fsp3) is 0.429. The average molecular weight is 342 g/mol. The van der Waals surface area contributed by atoms with Crippen LogP contribution in [-0.2, 0) is 19.6 Å². The summed E-state index contributed by atoms with van der Waals surface area (Å²) in [5.41, 5.74) is 0.379. The van der Waals surface area contributed by atoms with Gasteiger partial charge in [0.15, 0.2) is 0 Å². The highest BCUT2D eigenvalue weighted by Gasteiger charge is 2.37. The van der Waals surface area contributed by atoms with Gasteiger partial charge in [0.1, 0.15) is 6.04 Å². The van der Waals surface area contributed by atoms with Crippen molar-refractivity contribution < 1.29 is 27.9 Å². The monoisotopic (exact) mass is 342 g/mol. The molecule has 1 fully saturated rings. The number of aliphatic carboxylic acids is 1. The van der Waals surface area contributed by atoms with Gasteiger partial charge in [-0.1, -0.05) is 0 Å². The number of amides is 1. The smallest absolute Gasteiger partial charge is 0.411 e.